The Morgan fingerprint density at radius 3 is 1.33 bits per heavy atom. The zero-order valence-corrected chi connectivity index (χ0v) is 26.4. The smallest absolute Gasteiger partial charge is 0.336 e. The van der Waals surface area contributed by atoms with Gasteiger partial charge >= 0.3 is 23.9 Å². The van der Waals surface area contributed by atoms with Gasteiger partial charge in [0, 0.05) is 20.9 Å². The van der Waals surface area contributed by atoms with Crippen LogP contribution in [0.15, 0.2) is 107 Å². The quantitative estimate of drug-likeness (QED) is 0.0511. The van der Waals surface area contributed by atoms with Gasteiger partial charge in [-0.15, -0.1) is 24.4 Å². The van der Waals surface area contributed by atoms with E-state index in [4.69, 9.17) is 20.4 Å². The van der Waals surface area contributed by atoms with E-state index in [1.807, 2.05) is 0 Å². The summed E-state index contributed by atoms with van der Waals surface area (Å²) < 4.78 is 0. The van der Waals surface area contributed by atoms with E-state index in [1.54, 1.807) is 36.4 Å². The number of aromatic carboxylic acids is 4. The fourth-order valence-electron chi connectivity index (χ4n) is 3.32. The van der Waals surface area contributed by atoms with Crippen molar-refractivity contribution in [2.45, 2.75) is 9.79 Å². The van der Waals surface area contributed by atoms with E-state index >= 15 is 0 Å². The van der Waals surface area contributed by atoms with E-state index in [-0.39, 0.29) is 44.9 Å². The SMILES string of the molecule is O=C(O)c1ccc(C(=O)CBr)cc1.O=C(O)c1ccc(C(=O)CSc2ccccc2C(=O)O)cc1.O=C(O)c1ccccc1S. The number of carbonyl (C=O) groups excluding carboxylic acids is 2. The van der Waals surface area contributed by atoms with Gasteiger partial charge in [0.05, 0.1) is 33.3 Å². The Balaban J connectivity index is 0.000000259. The van der Waals surface area contributed by atoms with Crippen molar-refractivity contribution >= 4 is 75.8 Å². The number of halogens is 1. The Morgan fingerprint density at radius 1 is 0.533 bits per heavy atom. The van der Waals surface area contributed by atoms with Crippen LogP contribution in [0.1, 0.15) is 62.1 Å². The van der Waals surface area contributed by atoms with Crippen LogP contribution in [0.2, 0.25) is 0 Å². The normalized spacial score (nSPS) is 9.82. The van der Waals surface area contributed by atoms with Crippen LogP contribution >= 0.6 is 40.3 Å². The molecule has 0 saturated carbocycles. The number of carboxylic acid groups (broad SMARTS) is 4. The molecule has 0 radical (unpaired) electrons. The van der Waals surface area contributed by atoms with Crippen molar-refractivity contribution in [3.63, 3.8) is 0 Å². The highest BCUT2D eigenvalue weighted by atomic mass is 79.9. The molecule has 0 unspecified atom stereocenters. The molecule has 0 aromatic heterocycles. The molecule has 4 aromatic carbocycles. The van der Waals surface area contributed by atoms with E-state index in [2.05, 4.69) is 28.6 Å². The lowest BCUT2D eigenvalue weighted by molar-refractivity contribution is 0.0682. The molecule has 0 spiro atoms. The van der Waals surface area contributed by atoms with Crippen molar-refractivity contribution in [3.8, 4) is 0 Å². The molecule has 10 nitrogen and oxygen atoms in total. The zero-order chi connectivity index (χ0) is 33.5. The van der Waals surface area contributed by atoms with Gasteiger partial charge in [-0.2, -0.15) is 0 Å². The third kappa shape index (κ3) is 11.7. The number of benzene rings is 4. The van der Waals surface area contributed by atoms with Gasteiger partial charge in [0.1, 0.15) is 0 Å². The van der Waals surface area contributed by atoms with Crippen LogP contribution in [-0.2, 0) is 0 Å². The molecule has 0 amide bonds. The summed E-state index contributed by atoms with van der Waals surface area (Å²) in [6.45, 7) is 0. The second-order valence-electron chi connectivity index (χ2n) is 8.66. The summed E-state index contributed by atoms with van der Waals surface area (Å²) >= 11 is 8.13. The highest BCUT2D eigenvalue weighted by molar-refractivity contribution is 9.09. The van der Waals surface area contributed by atoms with E-state index in [0.29, 0.717) is 20.9 Å². The Labute approximate surface area is 275 Å². The molecule has 4 aromatic rings. The maximum Gasteiger partial charge on any atom is 0.336 e. The van der Waals surface area contributed by atoms with Crippen LogP contribution in [0.4, 0.5) is 0 Å². The summed E-state index contributed by atoms with van der Waals surface area (Å²) in [6, 6.07) is 24.5. The molecule has 0 heterocycles. The van der Waals surface area contributed by atoms with Crippen LogP contribution in [0, 0.1) is 0 Å². The lowest BCUT2D eigenvalue weighted by Crippen LogP contribution is -2.05. The van der Waals surface area contributed by atoms with Crippen molar-refractivity contribution in [2.24, 2.45) is 0 Å². The highest BCUT2D eigenvalue weighted by Crippen LogP contribution is 2.23. The van der Waals surface area contributed by atoms with Crippen molar-refractivity contribution in [1.82, 2.24) is 0 Å². The first-order chi connectivity index (χ1) is 21.3. The first kappa shape index (κ1) is 36.5. The van der Waals surface area contributed by atoms with Gasteiger partial charge in [-0.3, -0.25) is 9.59 Å². The van der Waals surface area contributed by atoms with Crippen LogP contribution in [-0.4, -0.2) is 67.0 Å². The molecule has 0 saturated heterocycles. The van der Waals surface area contributed by atoms with Gasteiger partial charge in [-0.1, -0.05) is 64.5 Å². The lowest BCUT2D eigenvalue weighted by atomic mass is 10.1. The maximum absolute atomic E-state index is 12.1. The van der Waals surface area contributed by atoms with E-state index in [9.17, 15) is 28.8 Å². The molecule has 0 bridgehead atoms. The number of alkyl halides is 1. The molecule has 232 valence electrons. The van der Waals surface area contributed by atoms with Gasteiger partial charge in [-0.25, -0.2) is 19.2 Å². The molecular weight excluding hydrogens is 688 g/mol. The minimum Gasteiger partial charge on any atom is -0.478 e. The van der Waals surface area contributed by atoms with Crippen LogP contribution < -0.4 is 0 Å². The van der Waals surface area contributed by atoms with Crippen LogP contribution in [0.5, 0.6) is 0 Å². The standard InChI is InChI=1S/C16H12O5S.C9H7BrO3.C7H6O2S/c17-13(10-5-7-11(8-6-10)15(18)19)9-22-14-4-2-1-3-12(14)16(20)21;10-5-8(11)6-1-3-7(4-2-6)9(12)13;8-7(9)5-3-1-2-4-6(5)10/h1-8H,9H2,(H,18,19)(H,20,21);1-4H,5H2,(H,12,13);1-4,10H,(H,8,9). The average molecular weight is 714 g/mol. The average Bonchev–Trinajstić information content (AvgIpc) is 3.04. The first-order valence-corrected chi connectivity index (χ1v) is 15.2. The van der Waals surface area contributed by atoms with Gasteiger partial charge in [0.15, 0.2) is 11.6 Å². The monoisotopic (exact) mass is 712 g/mol. The van der Waals surface area contributed by atoms with E-state index < -0.39 is 23.9 Å². The molecule has 0 aliphatic heterocycles. The summed E-state index contributed by atoms with van der Waals surface area (Å²) in [5, 5.41) is 35.2. The zero-order valence-electron chi connectivity index (χ0n) is 23.1. The Bertz CT molecular complexity index is 1690. The predicted octanol–water partition coefficient (Wildman–Crippen LogP) is 6.69. The molecule has 0 aliphatic carbocycles. The fraction of sp³-hybridized carbons (Fsp3) is 0.0625. The number of carbonyl (C=O) groups is 6. The number of thiol groups is 1. The third-order valence-corrected chi connectivity index (χ3v) is 7.61. The maximum atomic E-state index is 12.1. The minimum absolute atomic E-state index is 0.0584. The molecule has 45 heavy (non-hydrogen) atoms. The second kappa shape index (κ2) is 18.2. The number of Topliss-reactive ketones (excluding diaryl/α,β-unsaturated/α-hetero) is 2. The van der Waals surface area contributed by atoms with Gasteiger partial charge in [0.25, 0.3) is 0 Å². The summed E-state index contributed by atoms with van der Waals surface area (Å²) in [6.07, 6.45) is 0. The van der Waals surface area contributed by atoms with Crippen molar-refractivity contribution in [3.05, 3.63) is 130 Å². The molecular formula is C32H25BrO10S2. The number of hydrogen-bond acceptors (Lipinski definition) is 8. The number of thioether (sulfide) groups is 1. The first-order valence-electron chi connectivity index (χ1n) is 12.6. The fourth-order valence-corrected chi connectivity index (χ4v) is 4.84. The third-order valence-electron chi connectivity index (χ3n) is 5.64. The number of carboxylic acids is 4. The van der Waals surface area contributed by atoms with Crippen molar-refractivity contribution < 1.29 is 49.2 Å². The van der Waals surface area contributed by atoms with Gasteiger partial charge in [-0.05, 0) is 48.5 Å². The van der Waals surface area contributed by atoms with Crippen molar-refractivity contribution in [1.29, 1.82) is 0 Å². The Hall–Kier alpha value is -4.72. The number of rotatable bonds is 10. The van der Waals surface area contributed by atoms with Crippen LogP contribution in [0.25, 0.3) is 0 Å². The lowest BCUT2D eigenvalue weighted by Gasteiger charge is -2.05. The molecule has 0 aliphatic rings. The molecule has 13 heteroatoms. The summed E-state index contributed by atoms with van der Waals surface area (Å²) in [5.74, 6) is -4.19. The van der Waals surface area contributed by atoms with E-state index in [1.165, 1.54) is 60.7 Å². The predicted molar refractivity (Wildman–Crippen MR) is 174 cm³/mol. The Kier molecular flexibility index (Phi) is 14.7. The minimum atomic E-state index is -1.05. The highest BCUT2D eigenvalue weighted by Gasteiger charge is 2.13. The van der Waals surface area contributed by atoms with Gasteiger partial charge < -0.3 is 20.4 Å². The number of ketones is 2. The van der Waals surface area contributed by atoms with E-state index in [0.717, 1.165) is 11.8 Å². The number of hydrogen-bond donors (Lipinski definition) is 5. The second-order valence-corrected chi connectivity index (χ2v) is 10.7. The summed E-state index contributed by atoms with van der Waals surface area (Å²) in [4.78, 5) is 66.8. The van der Waals surface area contributed by atoms with Crippen molar-refractivity contribution in [2.75, 3.05) is 11.1 Å². The molecule has 4 rings (SSSR count). The van der Waals surface area contributed by atoms with Crippen LogP contribution in [0.3, 0.4) is 0 Å². The molecule has 0 fully saturated rings. The Morgan fingerprint density at radius 2 is 0.933 bits per heavy atom. The molecule has 0 atom stereocenters. The summed E-state index contributed by atoms with van der Waals surface area (Å²) in [7, 11) is 0. The molecule has 4 N–H and O–H groups in total. The van der Waals surface area contributed by atoms with Gasteiger partial charge in [0.2, 0.25) is 0 Å². The topological polar surface area (TPSA) is 183 Å². The largest absolute Gasteiger partial charge is 0.478 e. The summed E-state index contributed by atoms with van der Waals surface area (Å²) in [5.41, 5.74) is 1.60.